The number of benzene rings is 1. The highest BCUT2D eigenvalue weighted by Crippen LogP contribution is 2.19. The molecule has 2 aromatic rings. The van der Waals surface area contributed by atoms with Crippen LogP contribution in [0.15, 0.2) is 36.7 Å². The fraction of sp³-hybridized carbons (Fsp3) is 0.500. The van der Waals surface area contributed by atoms with Gasteiger partial charge in [-0.15, -0.1) is 0 Å². The van der Waals surface area contributed by atoms with Crippen LogP contribution in [0.2, 0.25) is 0 Å². The lowest BCUT2D eigenvalue weighted by molar-refractivity contribution is 0.199. The van der Waals surface area contributed by atoms with Crippen molar-refractivity contribution in [2.24, 2.45) is 0 Å². The van der Waals surface area contributed by atoms with Crippen LogP contribution in [0.4, 0.5) is 0 Å². The summed E-state index contributed by atoms with van der Waals surface area (Å²) in [7, 11) is 1.72. The quantitative estimate of drug-likeness (QED) is 0.716. The molecule has 21 heavy (non-hydrogen) atoms. The van der Waals surface area contributed by atoms with Crippen LogP contribution in [0, 0.1) is 0 Å². The minimum Gasteiger partial charge on any atom is -0.383 e. The summed E-state index contributed by atoms with van der Waals surface area (Å²) in [5.41, 5.74) is 1.33. The summed E-state index contributed by atoms with van der Waals surface area (Å²) >= 11 is 0. The Hall–Kier alpha value is -1.72. The molecule has 2 rings (SSSR count). The average Bonchev–Trinajstić information content (AvgIpc) is 2.98. The number of hydrogen-bond donors (Lipinski definition) is 1. The molecule has 114 valence electrons. The summed E-state index contributed by atoms with van der Waals surface area (Å²) in [6.07, 6.45) is 2.52. The monoisotopic (exact) mass is 288 g/mol. The second-order valence-electron chi connectivity index (χ2n) is 5.00. The summed E-state index contributed by atoms with van der Waals surface area (Å²) in [5.74, 6) is 1.43. The molecule has 0 radical (unpaired) electrons. The van der Waals surface area contributed by atoms with Crippen LogP contribution in [-0.2, 0) is 17.7 Å². The predicted molar refractivity (Wildman–Crippen MR) is 83.3 cm³/mol. The Labute approximate surface area is 126 Å². The van der Waals surface area contributed by atoms with Gasteiger partial charge >= 0.3 is 0 Å². The highest BCUT2D eigenvalue weighted by molar-refractivity contribution is 5.21. The Morgan fingerprint density at radius 3 is 2.81 bits per heavy atom. The van der Waals surface area contributed by atoms with Crippen molar-refractivity contribution in [2.75, 3.05) is 26.8 Å². The number of methoxy groups -OCH3 is 1. The minimum absolute atomic E-state index is 0.387. The zero-order valence-corrected chi connectivity index (χ0v) is 12.8. The van der Waals surface area contributed by atoms with Gasteiger partial charge in [0.25, 0.3) is 0 Å². The lowest BCUT2D eigenvalue weighted by Gasteiger charge is -2.18. The summed E-state index contributed by atoms with van der Waals surface area (Å²) in [4.78, 5) is 4.40. The van der Waals surface area contributed by atoms with Gasteiger partial charge in [-0.3, -0.25) is 4.68 Å². The van der Waals surface area contributed by atoms with E-state index in [1.807, 2.05) is 10.7 Å². The van der Waals surface area contributed by atoms with Gasteiger partial charge in [-0.1, -0.05) is 30.3 Å². The molecule has 0 bridgehead atoms. The van der Waals surface area contributed by atoms with Crippen molar-refractivity contribution in [2.45, 2.75) is 25.8 Å². The Bertz CT molecular complexity index is 512. The first-order valence-electron chi connectivity index (χ1n) is 7.46. The Balaban J connectivity index is 2.05. The molecule has 1 aromatic heterocycles. The van der Waals surface area contributed by atoms with Crippen molar-refractivity contribution in [3.8, 4) is 0 Å². The van der Waals surface area contributed by atoms with E-state index in [9.17, 15) is 0 Å². The molecule has 0 spiro atoms. The molecule has 1 aromatic carbocycles. The van der Waals surface area contributed by atoms with E-state index in [-0.39, 0.29) is 0 Å². The number of nitrogens with zero attached hydrogens (tertiary/aromatic N) is 3. The third-order valence-corrected chi connectivity index (χ3v) is 3.57. The number of rotatable bonds is 9. The van der Waals surface area contributed by atoms with Crippen LogP contribution < -0.4 is 5.32 Å². The standard InChI is InChI=1S/C16H24N4O/c1-3-20-16(18-13-19-20)11-15(12-17-9-10-21-2)14-7-5-4-6-8-14/h4-8,13,15,17H,3,9-12H2,1-2H3. The number of nitrogens with one attached hydrogen (secondary N) is 1. The molecule has 0 aliphatic heterocycles. The molecule has 1 heterocycles. The predicted octanol–water partition coefficient (Wildman–Crippen LogP) is 1.86. The summed E-state index contributed by atoms with van der Waals surface area (Å²) in [6.45, 7) is 5.44. The van der Waals surface area contributed by atoms with Crippen molar-refractivity contribution in [3.63, 3.8) is 0 Å². The van der Waals surface area contributed by atoms with Gasteiger partial charge in [0.1, 0.15) is 12.2 Å². The van der Waals surface area contributed by atoms with Crippen LogP contribution in [0.3, 0.4) is 0 Å². The molecule has 0 saturated heterocycles. The average molecular weight is 288 g/mol. The third-order valence-electron chi connectivity index (χ3n) is 3.57. The smallest absolute Gasteiger partial charge is 0.138 e. The van der Waals surface area contributed by atoms with Crippen molar-refractivity contribution >= 4 is 0 Å². The number of ether oxygens (including phenoxy) is 1. The fourth-order valence-corrected chi connectivity index (χ4v) is 2.41. The zero-order chi connectivity index (χ0) is 14.9. The largest absolute Gasteiger partial charge is 0.383 e. The van der Waals surface area contributed by atoms with Gasteiger partial charge in [0.05, 0.1) is 6.61 Å². The van der Waals surface area contributed by atoms with E-state index >= 15 is 0 Å². The lowest BCUT2D eigenvalue weighted by Crippen LogP contribution is -2.27. The van der Waals surface area contributed by atoms with Gasteiger partial charge in [-0.2, -0.15) is 5.10 Å². The second kappa shape index (κ2) is 8.54. The van der Waals surface area contributed by atoms with Gasteiger partial charge < -0.3 is 10.1 Å². The molecule has 0 fully saturated rings. The van der Waals surface area contributed by atoms with Crippen molar-refractivity contribution in [1.82, 2.24) is 20.1 Å². The summed E-state index contributed by atoms with van der Waals surface area (Å²) in [6, 6.07) is 10.6. The van der Waals surface area contributed by atoms with E-state index < -0.39 is 0 Å². The molecule has 0 aliphatic rings. The van der Waals surface area contributed by atoms with E-state index in [4.69, 9.17) is 4.74 Å². The molecule has 0 aliphatic carbocycles. The first-order valence-corrected chi connectivity index (χ1v) is 7.46. The van der Waals surface area contributed by atoms with Crippen LogP contribution in [0.5, 0.6) is 0 Å². The molecule has 0 saturated carbocycles. The first-order chi connectivity index (χ1) is 10.3. The molecular weight excluding hydrogens is 264 g/mol. The second-order valence-corrected chi connectivity index (χ2v) is 5.00. The van der Waals surface area contributed by atoms with Gasteiger partial charge in [0.15, 0.2) is 0 Å². The van der Waals surface area contributed by atoms with Gasteiger partial charge in [-0.25, -0.2) is 4.98 Å². The topological polar surface area (TPSA) is 52.0 Å². The Kier molecular flexibility index (Phi) is 6.37. The maximum absolute atomic E-state index is 5.08. The lowest BCUT2D eigenvalue weighted by atomic mass is 9.95. The number of aromatic nitrogens is 3. The molecule has 5 nitrogen and oxygen atoms in total. The Morgan fingerprint density at radius 2 is 2.10 bits per heavy atom. The molecular formula is C16H24N4O. The van der Waals surface area contributed by atoms with Crippen LogP contribution in [0.25, 0.3) is 0 Å². The van der Waals surface area contributed by atoms with E-state index in [1.165, 1.54) is 5.56 Å². The van der Waals surface area contributed by atoms with Crippen LogP contribution >= 0.6 is 0 Å². The minimum atomic E-state index is 0.387. The van der Waals surface area contributed by atoms with Crippen LogP contribution in [0.1, 0.15) is 24.2 Å². The maximum Gasteiger partial charge on any atom is 0.138 e. The maximum atomic E-state index is 5.08. The zero-order valence-electron chi connectivity index (χ0n) is 12.8. The van der Waals surface area contributed by atoms with Gasteiger partial charge in [-0.05, 0) is 12.5 Å². The SMILES string of the molecule is CCn1ncnc1CC(CNCCOC)c1ccccc1. The van der Waals surface area contributed by atoms with Crippen LogP contribution in [-0.4, -0.2) is 41.6 Å². The molecule has 1 unspecified atom stereocenters. The van der Waals surface area contributed by atoms with E-state index in [1.54, 1.807) is 13.4 Å². The van der Waals surface area contributed by atoms with E-state index in [0.29, 0.717) is 5.92 Å². The summed E-state index contributed by atoms with van der Waals surface area (Å²) < 4.78 is 7.05. The first kappa shape index (κ1) is 15.7. The molecule has 5 heteroatoms. The third kappa shape index (κ3) is 4.65. The van der Waals surface area contributed by atoms with Crippen molar-refractivity contribution in [1.29, 1.82) is 0 Å². The molecule has 1 N–H and O–H groups in total. The molecule has 1 atom stereocenters. The van der Waals surface area contributed by atoms with E-state index in [2.05, 4.69) is 46.6 Å². The van der Waals surface area contributed by atoms with Gasteiger partial charge in [0.2, 0.25) is 0 Å². The van der Waals surface area contributed by atoms with Crippen molar-refractivity contribution < 1.29 is 4.74 Å². The number of aryl methyl sites for hydroxylation is 1. The Morgan fingerprint density at radius 1 is 1.29 bits per heavy atom. The highest BCUT2D eigenvalue weighted by Gasteiger charge is 2.15. The summed E-state index contributed by atoms with van der Waals surface area (Å²) in [5, 5.41) is 7.71. The van der Waals surface area contributed by atoms with Crippen molar-refractivity contribution in [3.05, 3.63) is 48.0 Å². The normalized spacial score (nSPS) is 12.5. The fourth-order valence-electron chi connectivity index (χ4n) is 2.41. The highest BCUT2D eigenvalue weighted by atomic mass is 16.5. The van der Waals surface area contributed by atoms with E-state index in [0.717, 1.165) is 38.5 Å². The number of hydrogen-bond acceptors (Lipinski definition) is 4. The molecule has 0 amide bonds. The van der Waals surface area contributed by atoms with Gasteiger partial charge in [0, 0.05) is 39.1 Å².